The van der Waals surface area contributed by atoms with E-state index in [2.05, 4.69) is 14.2 Å². The van der Waals surface area contributed by atoms with E-state index in [1.165, 1.54) is 0 Å². The Morgan fingerprint density at radius 1 is 1.20 bits per heavy atom. The molecule has 0 amide bonds. The summed E-state index contributed by atoms with van der Waals surface area (Å²) in [4.78, 5) is 43.4. The molecule has 1 saturated heterocycles. The maximum absolute atomic E-state index is 11.2. The summed E-state index contributed by atoms with van der Waals surface area (Å²) < 4.78 is 13.2. The van der Waals surface area contributed by atoms with E-state index in [1.807, 2.05) is 0 Å². The van der Waals surface area contributed by atoms with E-state index in [1.54, 1.807) is 0 Å². The fourth-order valence-electron chi connectivity index (χ4n) is 1.12. The van der Waals surface area contributed by atoms with E-state index in [4.69, 9.17) is 0 Å². The van der Waals surface area contributed by atoms with Crippen molar-refractivity contribution >= 4 is 23.9 Å². The normalized spacial score (nSPS) is 18.3. The van der Waals surface area contributed by atoms with E-state index < -0.39 is 36.1 Å². The third-order valence-electron chi connectivity index (χ3n) is 1.51. The van der Waals surface area contributed by atoms with Gasteiger partial charge in [0.1, 0.15) is 6.42 Å². The summed E-state index contributed by atoms with van der Waals surface area (Å²) in [6.07, 6.45) is -0.620. The molecule has 0 aliphatic carbocycles. The molecule has 0 aromatic rings. The van der Waals surface area contributed by atoms with Gasteiger partial charge in [0.15, 0.2) is 0 Å². The molecule has 1 aliphatic rings. The van der Waals surface area contributed by atoms with Crippen LogP contribution in [-0.2, 0) is 33.4 Å². The highest BCUT2D eigenvalue weighted by molar-refractivity contribution is 6.00. The summed E-state index contributed by atoms with van der Waals surface area (Å²) in [5.41, 5.74) is 0. The molecule has 1 rings (SSSR count). The smallest absolute Gasteiger partial charge is 0.401 e. The Morgan fingerprint density at radius 2 is 1.67 bits per heavy atom. The van der Waals surface area contributed by atoms with Gasteiger partial charge in [-0.1, -0.05) is 0 Å². The standard InChI is InChI=1S/C8H8O7/c1-4(9)14-8(15-5(2)10)3-6(11)13-7(8)12/h3H2,1-2H3. The van der Waals surface area contributed by atoms with Crippen LogP contribution in [0.4, 0.5) is 0 Å². The molecule has 0 spiro atoms. The molecule has 1 aliphatic heterocycles. The van der Waals surface area contributed by atoms with Crippen molar-refractivity contribution in [2.75, 3.05) is 0 Å². The van der Waals surface area contributed by atoms with Gasteiger partial charge < -0.3 is 14.2 Å². The van der Waals surface area contributed by atoms with Crippen molar-refractivity contribution in [3.8, 4) is 0 Å². The number of esters is 4. The molecular weight excluding hydrogens is 208 g/mol. The third-order valence-corrected chi connectivity index (χ3v) is 1.51. The van der Waals surface area contributed by atoms with Gasteiger partial charge in [-0.15, -0.1) is 0 Å². The van der Waals surface area contributed by atoms with Crippen molar-refractivity contribution in [2.24, 2.45) is 0 Å². The molecule has 0 bridgehead atoms. The number of hydrogen-bond acceptors (Lipinski definition) is 7. The topological polar surface area (TPSA) is 96.0 Å². The first kappa shape index (κ1) is 11.2. The average molecular weight is 216 g/mol. The lowest BCUT2D eigenvalue weighted by molar-refractivity contribution is -0.225. The van der Waals surface area contributed by atoms with Crippen LogP contribution in [0.1, 0.15) is 20.3 Å². The van der Waals surface area contributed by atoms with Crippen molar-refractivity contribution in [3.05, 3.63) is 0 Å². The highest BCUT2D eigenvalue weighted by atomic mass is 16.8. The molecular formula is C8H8O7. The Hall–Kier alpha value is -1.92. The Kier molecular flexibility index (Phi) is 2.74. The van der Waals surface area contributed by atoms with E-state index in [0.29, 0.717) is 0 Å². The number of rotatable bonds is 2. The fraction of sp³-hybridized carbons (Fsp3) is 0.500. The zero-order chi connectivity index (χ0) is 11.6. The third kappa shape index (κ3) is 2.30. The summed E-state index contributed by atoms with van der Waals surface area (Å²) >= 11 is 0. The summed E-state index contributed by atoms with van der Waals surface area (Å²) in [6, 6.07) is 0. The number of hydrogen-bond donors (Lipinski definition) is 0. The van der Waals surface area contributed by atoms with Crippen LogP contribution in [0.5, 0.6) is 0 Å². The van der Waals surface area contributed by atoms with Crippen LogP contribution in [-0.4, -0.2) is 29.7 Å². The highest BCUT2D eigenvalue weighted by Gasteiger charge is 2.56. The number of carbonyl (C=O) groups excluding carboxylic acids is 4. The minimum absolute atomic E-state index is 0.620. The Bertz CT molecular complexity index is 327. The van der Waals surface area contributed by atoms with Gasteiger partial charge in [-0.25, -0.2) is 4.79 Å². The molecule has 1 heterocycles. The van der Waals surface area contributed by atoms with E-state index in [9.17, 15) is 19.2 Å². The lowest BCUT2D eigenvalue weighted by atomic mass is 10.2. The first-order valence-electron chi connectivity index (χ1n) is 4.00. The SMILES string of the molecule is CC(=O)OC1(OC(C)=O)CC(=O)OC1=O. The van der Waals surface area contributed by atoms with Crippen molar-refractivity contribution in [3.63, 3.8) is 0 Å². The first-order chi connectivity index (χ1) is 6.85. The molecule has 0 aromatic heterocycles. The van der Waals surface area contributed by atoms with E-state index in [0.717, 1.165) is 13.8 Å². The van der Waals surface area contributed by atoms with E-state index >= 15 is 0 Å². The highest BCUT2D eigenvalue weighted by Crippen LogP contribution is 2.27. The first-order valence-corrected chi connectivity index (χ1v) is 4.00. The van der Waals surface area contributed by atoms with Gasteiger partial charge in [-0.2, -0.15) is 0 Å². The minimum atomic E-state index is -2.24. The van der Waals surface area contributed by atoms with Crippen LogP contribution in [0.3, 0.4) is 0 Å². The monoisotopic (exact) mass is 216 g/mol. The van der Waals surface area contributed by atoms with Gasteiger partial charge in [0, 0.05) is 13.8 Å². The molecule has 0 unspecified atom stereocenters. The van der Waals surface area contributed by atoms with Crippen LogP contribution in [0.25, 0.3) is 0 Å². The van der Waals surface area contributed by atoms with Crippen molar-refractivity contribution in [1.82, 2.24) is 0 Å². The van der Waals surface area contributed by atoms with Crippen LogP contribution in [0.15, 0.2) is 0 Å². The van der Waals surface area contributed by atoms with Gasteiger partial charge in [-0.3, -0.25) is 14.4 Å². The number of carbonyl (C=O) groups is 4. The van der Waals surface area contributed by atoms with Crippen LogP contribution < -0.4 is 0 Å². The molecule has 1 fully saturated rings. The molecule has 0 aromatic carbocycles. The van der Waals surface area contributed by atoms with E-state index in [-0.39, 0.29) is 0 Å². The maximum atomic E-state index is 11.2. The van der Waals surface area contributed by atoms with Crippen molar-refractivity contribution in [2.45, 2.75) is 26.1 Å². The average Bonchev–Trinajstić information content (AvgIpc) is 2.22. The molecule has 7 nitrogen and oxygen atoms in total. The van der Waals surface area contributed by atoms with Gasteiger partial charge in [0.2, 0.25) is 0 Å². The second-order valence-corrected chi connectivity index (χ2v) is 2.88. The lowest BCUT2D eigenvalue weighted by Gasteiger charge is -2.21. The lowest BCUT2D eigenvalue weighted by Crippen LogP contribution is -2.43. The summed E-state index contributed by atoms with van der Waals surface area (Å²) in [5.74, 6) is -6.07. The Morgan fingerprint density at radius 3 is 1.93 bits per heavy atom. The molecule has 15 heavy (non-hydrogen) atoms. The Labute approximate surface area is 84.3 Å². The quantitative estimate of drug-likeness (QED) is 0.341. The minimum Gasteiger partial charge on any atom is -0.411 e. The maximum Gasteiger partial charge on any atom is 0.401 e. The van der Waals surface area contributed by atoms with Crippen LogP contribution >= 0.6 is 0 Å². The fourth-order valence-corrected chi connectivity index (χ4v) is 1.12. The second-order valence-electron chi connectivity index (χ2n) is 2.88. The molecule has 0 N–H and O–H groups in total. The molecule has 0 saturated carbocycles. The predicted octanol–water partition coefficient (Wildman–Crippen LogP) is -0.718. The number of ether oxygens (including phenoxy) is 3. The van der Waals surface area contributed by atoms with Crippen molar-refractivity contribution < 1.29 is 33.4 Å². The summed E-state index contributed by atoms with van der Waals surface area (Å²) in [6.45, 7) is 2.03. The van der Waals surface area contributed by atoms with Gasteiger partial charge in [0.25, 0.3) is 0 Å². The Balaban J connectivity index is 2.95. The van der Waals surface area contributed by atoms with Gasteiger partial charge in [0.05, 0.1) is 0 Å². The zero-order valence-corrected chi connectivity index (χ0v) is 8.06. The van der Waals surface area contributed by atoms with Crippen LogP contribution in [0.2, 0.25) is 0 Å². The summed E-state index contributed by atoms with van der Waals surface area (Å²) in [7, 11) is 0. The molecule has 0 radical (unpaired) electrons. The van der Waals surface area contributed by atoms with Gasteiger partial charge in [-0.05, 0) is 0 Å². The predicted molar refractivity (Wildman–Crippen MR) is 42.0 cm³/mol. The number of cyclic esters (lactones) is 2. The molecule has 7 heteroatoms. The zero-order valence-electron chi connectivity index (χ0n) is 8.06. The summed E-state index contributed by atoms with van der Waals surface area (Å²) in [5, 5.41) is 0. The largest absolute Gasteiger partial charge is 0.411 e. The molecule has 82 valence electrons. The second kappa shape index (κ2) is 3.68. The van der Waals surface area contributed by atoms with Gasteiger partial charge >= 0.3 is 29.7 Å². The van der Waals surface area contributed by atoms with Crippen molar-refractivity contribution in [1.29, 1.82) is 0 Å². The van der Waals surface area contributed by atoms with Crippen LogP contribution in [0, 0.1) is 0 Å². The molecule has 0 atom stereocenters.